The van der Waals surface area contributed by atoms with Gasteiger partial charge in [-0.1, -0.05) is 35.9 Å². The van der Waals surface area contributed by atoms with Crippen molar-refractivity contribution in [2.24, 2.45) is 0 Å². The molecule has 3 aromatic carbocycles. The van der Waals surface area contributed by atoms with Crippen LogP contribution in [0.3, 0.4) is 0 Å². The minimum Gasteiger partial charge on any atom is -0.480 e. The number of benzene rings is 3. The number of aliphatic hydroxyl groups excluding tert-OH is 1. The lowest BCUT2D eigenvalue weighted by Crippen LogP contribution is -2.45. The second-order valence-corrected chi connectivity index (χ2v) is 13.9. The van der Waals surface area contributed by atoms with E-state index in [-0.39, 0.29) is 21.9 Å². The van der Waals surface area contributed by atoms with E-state index in [1.165, 1.54) is 48.3 Å². The van der Waals surface area contributed by atoms with E-state index in [9.17, 15) is 27.9 Å². The number of carboxylic acids is 1. The maximum atomic E-state index is 13.3. The molecule has 3 aromatic rings. The standard InChI is InChI=1S/C32H37ClN2O8S/c1-21(35(31(40)43-32(2,3)4)19-28(36)24-7-6-8-25(33)18-24)17-22-9-13-26(14-10-22)44(41,42)27-15-11-23(12-16-27)30(39)34(5)20-29(37)38/h6-16,18,21,28,36H,17,19-20H2,1-5H3,(H,37,38)/t21-,28-/m1/s1. The summed E-state index contributed by atoms with van der Waals surface area (Å²) < 4.78 is 32.1. The monoisotopic (exact) mass is 644 g/mol. The fourth-order valence-electron chi connectivity index (χ4n) is 4.42. The molecule has 0 fully saturated rings. The average Bonchev–Trinajstić information content (AvgIpc) is 2.94. The first-order valence-electron chi connectivity index (χ1n) is 13.8. The maximum Gasteiger partial charge on any atom is 0.410 e. The first-order valence-corrected chi connectivity index (χ1v) is 15.7. The van der Waals surface area contributed by atoms with Gasteiger partial charge in [0, 0.05) is 23.7 Å². The number of amides is 2. The van der Waals surface area contributed by atoms with Crippen molar-refractivity contribution in [1.82, 2.24) is 9.80 Å². The van der Waals surface area contributed by atoms with E-state index < -0.39 is 52.1 Å². The molecular weight excluding hydrogens is 608 g/mol. The van der Waals surface area contributed by atoms with Crippen LogP contribution in [-0.2, 0) is 25.8 Å². The number of likely N-dealkylation sites (N-methyl/N-ethyl adjacent to an activating group) is 1. The molecule has 0 radical (unpaired) electrons. The lowest BCUT2D eigenvalue weighted by atomic mass is 10.0. The number of hydrogen-bond donors (Lipinski definition) is 2. The SMILES string of the molecule is C[C@H](Cc1ccc(S(=O)(=O)c2ccc(C(=O)N(C)CC(=O)O)cc2)cc1)N(C[C@@H](O)c1cccc(Cl)c1)C(=O)OC(C)(C)C. The van der Waals surface area contributed by atoms with Crippen LogP contribution in [0.4, 0.5) is 4.79 Å². The lowest BCUT2D eigenvalue weighted by Gasteiger charge is -2.33. The topological polar surface area (TPSA) is 142 Å². The zero-order valence-electron chi connectivity index (χ0n) is 25.2. The highest BCUT2D eigenvalue weighted by atomic mass is 35.5. The fourth-order valence-corrected chi connectivity index (χ4v) is 5.88. The predicted molar refractivity (Wildman–Crippen MR) is 165 cm³/mol. The van der Waals surface area contributed by atoms with Gasteiger partial charge in [-0.25, -0.2) is 13.2 Å². The first-order chi connectivity index (χ1) is 20.5. The largest absolute Gasteiger partial charge is 0.480 e. The van der Waals surface area contributed by atoms with Crippen molar-refractivity contribution in [2.45, 2.75) is 61.7 Å². The molecular formula is C32H37ClN2O8S. The van der Waals surface area contributed by atoms with E-state index in [0.717, 1.165) is 10.5 Å². The second-order valence-electron chi connectivity index (χ2n) is 11.5. The maximum absolute atomic E-state index is 13.3. The molecule has 3 rings (SSSR count). The van der Waals surface area contributed by atoms with Crippen molar-refractivity contribution in [1.29, 1.82) is 0 Å². The summed E-state index contributed by atoms with van der Waals surface area (Å²) >= 11 is 6.08. The Kier molecular flexibility index (Phi) is 11.2. The molecule has 2 atom stereocenters. The normalized spacial score (nSPS) is 13.1. The molecule has 2 amide bonds. The average molecular weight is 645 g/mol. The van der Waals surface area contributed by atoms with E-state index in [4.69, 9.17) is 21.4 Å². The summed E-state index contributed by atoms with van der Waals surface area (Å²) in [5.41, 5.74) is 0.709. The lowest BCUT2D eigenvalue weighted by molar-refractivity contribution is -0.137. The van der Waals surface area contributed by atoms with E-state index in [1.807, 2.05) is 6.92 Å². The Balaban J connectivity index is 1.77. The summed E-state index contributed by atoms with van der Waals surface area (Å²) in [7, 11) is -2.57. The number of sulfone groups is 1. The van der Waals surface area contributed by atoms with Crippen LogP contribution < -0.4 is 0 Å². The summed E-state index contributed by atoms with van der Waals surface area (Å²) in [6, 6.07) is 17.9. The molecule has 0 spiro atoms. The summed E-state index contributed by atoms with van der Waals surface area (Å²) in [4.78, 5) is 38.9. The van der Waals surface area contributed by atoms with Gasteiger partial charge in [-0.3, -0.25) is 9.59 Å². The molecule has 236 valence electrons. The number of carbonyl (C=O) groups is 3. The van der Waals surface area contributed by atoms with Gasteiger partial charge in [-0.2, -0.15) is 0 Å². The number of halogens is 1. The highest BCUT2D eigenvalue weighted by molar-refractivity contribution is 7.91. The highest BCUT2D eigenvalue weighted by Gasteiger charge is 2.29. The number of nitrogens with zero attached hydrogens (tertiary/aromatic N) is 2. The van der Waals surface area contributed by atoms with Crippen LogP contribution in [0.5, 0.6) is 0 Å². The number of rotatable bonds is 11. The van der Waals surface area contributed by atoms with Crippen molar-refractivity contribution in [3.8, 4) is 0 Å². The third-order valence-corrected chi connectivity index (χ3v) is 8.68. The number of aliphatic carboxylic acids is 1. The van der Waals surface area contributed by atoms with Crippen LogP contribution in [0.15, 0.2) is 82.6 Å². The van der Waals surface area contributed by atoms with E-state index >= 15 is 0 Å². The van der Waals surface area contributed by atoms with Crippen LogP contribution in [-0.4, -0.2) is 78.2 Å². The van der Waals surface area contributed by atoms with Crippen molar-refractivity contribution in [3.05, 3.63) is 94.5 Å². The van der Waals surface area contributed by atoms with Gasteiger partial charge in [-0.05, 0) is 93.8 Å². The molecule has 12 heteroatoms. The predicted octanol–water partition coefficient (Wildman–Crippen LogP) is 5.23. The first kappa shape index (κ1) is 34.6. The van der Waals surface area contributed by atoms with Gasteiger partial charge in [0.15, 0.2) is 0 Å². The number of hydrogen-bond acceptors (Lipinski definition) is 7. The molecule has 0 unspecified atom stereocenters. The molecule has 0 aliphatic rings. The molecule has 0 aliphatic carbocycles. The quantitative estimate of drug-likeness (QED) is 0.289. The fraction of sp³-hybridized carbons (Fsp3) is 0.344. The Hall–Kier alpha value is -3.93. The van der Waals surface area contributed by atoms with E-state index in [1.54, 1.807) is 57.2 Å². The van der Waals surface area contributed by atoms with Gasteiger partial charge < -0.3 is 24.7 Å². The minimum atomic E-state index is -3.91. The zero-order chi connectivity index (χ0) is 32.8. The summed E-state index contributed by atoms with van der Waals surface area (Å²) in [6.45, 7) is 6.54. The number of carboxylic acid groups (broad SMARTS) is 1. The smallest absolute Gasteiger partial charge is 0.410 e. The second kappa shape index (κ2) is 14.2. The van der Waals surface area contributed by atoms with Gasteiger partial charge >= 0.3 is 12.1 Å². The van der Waals surface area contributed by atoms with Crippen molar-refractivity contribution in [2.75, 3.05) is 20.1 Å². The van der Waals surface area contributed by atoms with Gasteiger partial charge in [0.2, 0.25) is 9.84 Å². The van der Waals surface area contributed by atoms with Crippen molar-refractivity contribution < 1.29 is 37.8 Å². The molecule has 44 heavy (non-hydrogen) atoms. The molecule has 0 aromatic heterocycles. The minimum absolute atomic E-state index is 0.0258. The molecule has 2 N–H and O–H groups in total. The molecule has 0 bridgehead atoms. The number of ether oxygens (including phenoxy) is 1. The van der Waals surface area contributed by atoms with Crippen LogP contribution >= 0.6 is 11.6 Å². The summed E-state index contributed by atoms with van der Waals surface area (Å²) in [6.07, 6.45) is -1.26. The van der Waals surface area contributed by atoms with Crippen molar-refractivity contribution in [3.63, 3.8) is 0 Å². The van der Waals surface area contributed by atoms with E-state index in [0.29, 0.717) is 17.0 Å². The summed E-state index contributed by atoms with van der Waals surface area (Å²) in [5.74, 6) is -1.71. The molecule has 0 aliphatic heterocycles. The molecule has 0 heterocycles. The van der Waals surface area contributed by atoms with Crippen LogP contribution in [0.25, 0.3) is 0 Å². The van der Waals surface area contributed by atoms with Crippen molar-refractivity contribution >= 4 is 39.4 Å². The zero-order valence-corrected chi connectivity index (χ0v) is 26.8. The Labute approximate surface area is 262 Å². The number of carbonyl (C=O) groups excluding carboxylic acids is 2. The molecule has 0 saturated carbocycles. The van der Waals surface area contributed by atoms with E-state index in [2.05, 4.69) is 0 Å². The van der Waals surface area contributed by atoms with Crippen LogP contribution in [0.1, 0.15) is 55.3 Å². The van der Waals surface area contributed by atoms with Crippen LogP contribution in [0.2, 0.25) is 5.02 Å². The van der Waals surface area contributed by atoms with Gasteiger partial charge in [0.05, 0.1) is 22.4 Å². The van der Waals surface area contributed by atoms with Crippen LogP contribution in [0, 0.1) is 0 Å². The van der Waals surface area contributed by atoms with Gasteiger partial charge in [0.25, 0.3) is 5.91 Å². The Morgan fingerprint density at radius 2 is 1.52 bits per heavy atom. The number of aliphatic hydroxyl groups is 1. The Bertz CT molecular complexity index is 1590. The molecule has 10 nitrogen and oxygen atoms in total. The third kappa shape index (κ3) is 9.28. The summed E-state index contributed by atoms with van der Waals surface area (Å²) in [5, 5.41) is 20.3. The van der Waals surface area contributed by atoms with Gasteiger partial charge in [0.1, 0.15) is 12.1 Å². The molecule has 0 saturated heterocycles. The Morgan fingerprint density at radius 3 is 2.05 bits per heavy atom. The van der Waals surface area contributed by atoms with Gasteiger partial charge in [-0.15, -0.1) is 0 Å². The third-order valence-electron chi connectivity index (χ3n) is 6.66. The Morgan fingerprint density at radius 1 is 0.955 bits per heavy atom. The highest BCUT2D eigenvalue weighted by Crippen LogP contribution is 2.25.